The molecule has 4 heteroatoms. The maximum Gasteiger partial charge on any atom is 0.442 e. The maximum absolute atomic E-state index is 12.1. The standard InChI is InChI=1S/C10H9F3S/c11-10(12,13)14-9-5-7-3-1-2-4-8(7)6-9/h1-4,9H,5-6H2. The van der Waals surface area contributed by atoms with Crippen molar-refractivity contribution in [3.05, 3.63) is 35.4 Å². The number of hydrogen-bond donors (Lipinski definition) is 0. The van der Waals surface area contributed by atoms with Gasteiger partial charge in [0.15, 0.2) is 0 Å². The fourth-order valence-electron chi connectivity index (χ4n) is 1.79. The van der Waals surface area contributed by atoms with Crippen molar-refractivity contribution in [3.8, 4) is 0 Å². The summed E-state index contributed by atoms with van der Waals surface area (Å²) in [6.45, 7) is 0. The van der Waals surface area contributed by atoms with Gasteiger partial charge in [-0.2, -0.15) is 13.2 Å². The third-order valence-electron chi connectivity index (χ3n) is 2.31. The lowest BCUT2D eigenvalue weighted by atomic mass is 10.1. The highest BCUT2D eigenvalue weighted by molar-refractivity contribution is 8.00. The van der Waals surface area contributed by atoms with Crippen molar-refractivity contribution in [2.45, 2.75) is 23.6 Å². The van der Waals surface area contributed by atoms with Crippen LogP contribution in [0, 0.1) is 0 Å². The van der Waals surface area contributed by atoms with Gasteiger partial charge in [-0.1, -0.05) is 24.3 Å². The smallest absolute Gasteiger partial charge is 0.160 e. The van der Waals surface area contributed by atoms with Crippen LogP contribution in [0.3, 0.4) is 0 Å². The van der Waals surface area contributed by atoms with Gasteiger partial charge in [-0.3, -0.25) is 0 Å². The van der Waals surface area contributed by atoms with Crippen LogP contribution in [0.4, 0.5) is 13.2 Å². The molecule has 0 atom stereocenters. The SMILES string of the molecule is FC(F)(F)SC1Cc2ccccc2C1. The molecule has 0 nitrogen and oxygen atoms in total. The molecule has 0 spiro atoms. The second kappa shape index (κ2) is 3.50. The van der Waals surface area contributed by atoms with E-state index in [9.17, 15) is 13.2 Å². The molecule has 1 aliphatic carbocycles. The van der Waals surface area contributed by atoms with Crippen LogP contribution < -0.4 is 0 Å². The zero-order valence-corrected chi connectivity index (χ0v) is 8.16. The molecule has 0 aliphatic heterocycles. The molecular weight excluding hydrogens is 209 g/mol. The molecule has 0 saturated carbocycles. The average Bonchev–Trinajstić information content (AvgIpc) is 2.42. The summed E-state index contributed by atoms with van der Waals surface area (Å²) in [4.78, 5) is 0. The van der Waals surface area contributed by atoms with Crippen LogP contribution in [0.5, 0.6) is 0 Å². The van der Waals surface area contributed by atoms with Gasteiger partial charge in [0.05, 0.1) is 0 Å². The highest BCUT2D eigenvalue weighted by atomic mass is 32.2. The van der Waals surface area contributed by atoms with Gasteiger partial charge in [0.25, 0.3) is 0 Å². The molecule has 1 aromatic rings. The number of thioether (sulfide) groups is 1. The van der Waals surface area contributed by atoms with Gasteiger partial charge in [-0.05, 0) is 35.7 Å². The summed E-state index contributed by atoms with van der Waals surface area (Å²) in [6.07, 6.45) is 1.08. The fraction of sp³-hybridized carbons (Fsp3) is 0.400. The molecule has 1 aliphatic rings. The zero-order valence-electron chi connectivity index (χ0n) is 7.34. The van der Waals surface area contributed by atoms with Crippen molar-refractivity contribution in [1.82, 2.24) is 0 Å². The Bertz CT molecular complexity index is 307. The van der Waals surface area contributed by atoms with Crippen molar-refractivity contribution in [1.29, 1.82) is 0 Å². The van der Waals surface area contributed by atoms with E-state index < -0.39 is 5.51 Å². The van der Waals surface area contributed by atoms with Crippen LogP contribution in [-0.4, -0.2) is 10.8 Å². The summed E-state index contributed by atoms with van der Waals surface area (Å²) in [7, 11) is 0. The van der Waals surface area contributed by atoms with E-state index in [-0.39, 0.29) is 17.0 Å². The summed E-state index contributed by atoms with van der Waals surface area (Å²) in [6, 6.07) is 7.57. The number of fused-ring (bicyclic) bond motifs is 1. The Morgan fingerprint density at radius 2 is 1.57 bits per heavy atom. The third-order valence-corrected chi connectivity index (χ3v) is 3.25. The molecule has 0 amide bonds. The lowest BCUT2D eigenvalue weighted by Gasteiger charge is -2.10. The molecule has 76 valence electrons. The number of benzene rings is 1. The van der Waals surface area contributed by atoms with Crippen LogP contribution in [0.15, 0.2) is 24.3 Å². The van der Waals surface area contributed by atoms with Crippen LogP contribution in [0.25, 0.3) is 0 Å². The lowest BCUT2D eigenvalue weighted by molar-refractivity contribution is -0.0333. The Morgan fingerprint density at radius 1 is 1.07 bits per heavy atom. The fourth-order valence-corrected chi connectivity index (χ4v) is 2.69. The minimum atomic E-state index is -4.10. The molecule has 0 aromatic heterocycles. The number of hydrogen-bond acceptors (Lipinski definition) is 1. The van der Waals surface area contributed by atoms with Crippen molar-refractivity contribution >= 4 is 11.8 Å². The van der Waals surface area contributed by atoms with Crippen LogP contribution in [-0.2, 0) is 12.8 Å². The monoisotopic (exact) mass is 218 g/mol. The quantitative estimate of drug-likeness (QED) is 0.696. The summed E-state index contributed by atoms with van der Waals surface area (Å²) >= 11 is 0.121. The van der Waals surface area contributed by atoms with Gasteiger partial charge < -0.3 is 0 Å². The molecule has 0 unspecified atom stereocenters. The highest BCUT2D eigenvalue weighted by Crippen LogP contribution is 2.39. The van der Waals surface area contributed by atoms with E-state index in [0.29, 0.717) is 12.8 Å². The van der Waals surface area contributed by atoms with Gasteiger partial charge >= 0.3 is 5.51 Å². The van der Waals surface area contributed by atoms with E-state index in [1.165, 1.54) is 0 Å². The molecular formula is C10H9F3S. The van der Waals surface area contributed by atoms with Gasteiger partial charge in [0.1, 0.15) is 0 Å². The molecule has 0 fully saturated rings. The van der Waals surface area contributed by atoms with Crippen molar-refractivity contribution in [3.63, 3.8) is 0 Å². The first-order chi connectivity index (χ1) is 6.54. The Kier molecular flexibility index (Phi) is 2.47. The molecule has 2 rings (SSSR count). The number of rotatable bonds is 1. The first kappa shape index (κ1) is 9.90. The van der Waals surface area contributed by atoms with Gasteiger partial charge in [-0.15, -0.1) is 0 Å². The Morgan fingerprint density at radius 3 is 2.00 bits per heavy atom. The van der Waals surface area contributed by atoms with Gasteiger partial charge in [-0.25, -0.2) is 0 Å². The van der Waals surface area contributed by atoms with Crippen LogP contribution in [0.2, 0.25) is 0 Å². The Labute approximate surface area is 84.5 Å². The van der Waals surface area contributed by atoms with Crippen LogP contribution >= 0.6 is 11.8 Å². The lowest BCUT2D eigenvalue weighted by Crippen LogP contribution is -2.11. The third kappa shape index (κ3) is 2.23. The minimum Gasteiger partial charge on any atom is -0.160 e. The first-order valence-corrected chi connectivity index (χ1v) is 5.24. The van der Waals surface area contributed by atoms with Gasteiger partial charge in [0.2, 0.25) is 0 Å². The normalized spacial score (nSPS) is 17.1. The average molecular weight is 218 g/mol. The topological polar surface area (TPSA) is 0 Å². The van der Waals surface area contributed by atoms with Crippen molar-refractivity contribution in [2.75, 3.05) is 0 Å². The molecule has 0 saturated heterocycles. The highest BCUT2D eigenvalue weighted by Gasteiger charge is 2.35. The molecule has 0 N–H and O–H groups in total. The summed E-state index contributed by atoms with van der Waals surface area (Å²) in [5.74, 6) is 0. The Balaban J connectivity index is 2.05. The second-order valence-electron chi connectivity index (χ2n) is 3.36. The summed E-state index contributed by atoms with van der Waals surface area (Å²) < 4.78 is 36.3. The summed E-state index contributed by atoms with van der Waals surface area (Å²) in [5.41, 5.74) is -1.98. The molecule has 0 bridgehead atoms. The van der Waals surface area contributed by atoms with E-state index in [2.05, 4.69) is 0 Å². The molecule has 0 radical (unpaired) electrons. The van der Waals surface area contributed by atoms with E-state index >= 15 is 0 Å². The minimum absolute atomic E-state index is 0.121. The zero-order chi connectivity index (χ0) is 10.2. The predicted molar refractivity (Wildman–Crippen MR) is 51.3 cm³/mol. The Hall–Kier alpha value is -0.640. The summed E-state index contributed by atoms with van der Waals surface area (Å²) in [5, 5.41) is -0.326. The molecule has 1 aromatic carbocycles. The first-order valence-electron chi connectivity index (χ1n) is 4.36. The number of alkyl halides is 3. The maximum atomic E-state index is 12.1. The van der Waals surface area contributed by atoms with E-state index in [1.54, 1.807) is 0 Å². The van der Waals surface area contributed by atoms with E-state index in [0.717, 1.165) is 11.1 Å². The number of halogens is 3. The van der Waals surface area contributed by atoms with Crippen molar-refractivity contribution in [2.24, 2.45) is 0 Å². The van der Waals surface area contributed by atoms with E-state index in [4.69, 9.17) is 0 Å². The second-order valence-corrected chi connectivity index (χ2v) is 4.73. The molecule has 14 heavy (non-hydrogen) atoms. The largest absolute Gasteiger partial charge is 0.442 e. The van der Waals surface area contributed by atoms with Gasteiger partial charge in [0, 0.05) is 5.25 Å². The van der Waals surface area contributed by atoms with Crippen molar-refractivity contribution < 1.29 is 13.2 Å². The predicted octanol–water partition coefficient (Wildman–Crippen LogP) is 3.41. The molecule has 0 heterocycles. The van der Waals surface area contributed by atoms with Crippen LogP contribution in [0.1, 0.15) is 11.1 Å². The van der Waals surface area contributed by atoms with E-state index in [1.807, 2.05) is 24.3 Å².